The minimum absolute atomic E-state index is 0.0786. The van der Waals surface area contributed by atoms with Crippen molar-refractivity contribution in [1.82, 2.24) is 4.90 Å². The van der Waals surface area contributed by atoms with E-state index in [1.54, 1.807) is 37.3 Å². The highest BCUT2D eigenvalue weighted by Crippen LogP contribution is 2.26. The Morgan fingerprint density at radius 1 is 1.26 bits per heavy atom. The minimum Gasteiger partial charge on any atom is -0.321 e. The van der Waals surface area contributed by atoms with E-state index in [2.05, 4.69) is 5.32 Å². The topological polar surface area (TPSA) is 110 Å². The maximum absolute atomic E-state index is 12.5. The first kappa shape index (κ1) is 18.6. The normalized spacial score (nSPS) is 13.7. The van der Waals surface area contributed by atoms with Crippen LogP contribution in [0.3, 0.4) is 0 Å². The molecule has 2 aromatic rings. The fourth-order valence-corrected chi connectivity index (χ4v) is 3.40. The lowest BCUT2D eigenvalue weighted by Crippen LogP contribution is -2.28. The summed E-state index contributed by atoms with van der Waals surface area (Å²) < 4.78 is 0. The molecule has 1 heterocycles. The van der Waals surface area contributed by atoms with Gasteiger partial charge in [-0.25, -0.2) is 0 Å². The molecule has 0 bridgehead atoms. The van der Waals surface area contributed by atoms with Gasteiger partial charge in [0, 0.05) is 11.6 Å². The fraction of sp³-hybridized carbons (Fsp3) is 0.167. The lowest BCUT2D eigenvalue weighted by Gasteiger charge is -2.14. The molecule has 0 spiro atoms. The van der Waals surface area contributed by atoms with Gasteiger partial charge in [0.25, 0.3) is 16.8 Å². The predicted octanol–water partition coefficient (Wildman–Crippen LogP) is 3.35. The van der Waals surface area contributed by atoms with Gasteiger partial charge in [0.2, 0.25) is 5.91 Å². The molecule has 1 saturated heterocycles. The summed E-state index contributed by atoms with van der Waals surface area (Å²) in [6, 6.07) is 11.0. The van der Waals surface area contributed by atoms with Crippen molar-refractivity contribution >= 4 is 40.2 Å². The zero-order valence-corrected chi connectivity index (χ0v) is 15.1. The second-order valence-electron chi connectivity index (χ2n) is 5.90. The second-order valence-corrected chi connectivity index (χ2v) is 6.82. The van der Waals surface area contributed by atoms with Crippen LogP contribution in [0.2, 0.25) is 0 Å². The molecule has 0 atom stereocenters. The van der Waals surface area contributed by atoms with Crippen LogP contribution in [0.5, 0.6) is 0 Å². The van der Waals surface area contributed by atoms with Gasteiger partial charge in [0.05, 0.1) is 28.5 Å². The van der Waals surface area contributed by atoms with Gasteiger partial charge < -0.3 is 5.32 Å². The summed E-state index contributed by atoms with van der Waals surface area (Å²) in [5.74, 6) is -0.564. The Bertz CT molecular complexity index is 944. The van der Waals surface area contributed by atoms with E-state index in [0.717, 1.165) is 16.7 Å². The van der Waals surface area contributed by atoms with Gasteiger partial charge >= 0.3 is 0 Å². The average molecular weight is 385 g/mol. The minimum atomic E-state index is -0.506. The van der Waals surface area contributed by atoms with Gasteiger partial charge in [-0.2, -0.15) is 0 Å². The number of hydrogen-bond donors (Lipinski definition) is 1. The third kappa shape index (κ3) is 3.98. The van der Waals surface area contributed by atoms with Crippen molar-refractivity contribution < 1.29 is 19.3 Å². The van der Waals surface area contributed by atoms with Crippen LogP contribution >= 0.6 is 11.8 Å². The molecule has 1 fully saturated rings. The summed E-state index contributed by atoms with van der Waals surface area (Å²) in [6.07, 6.45) is 0. The molecule has 27 heavy (non-hydrogen) atoms. The maximum Gasteiger partial charge on any atom is 0.289 e. The van der Waals surface area contributed by atoms with Crippen LogP contribution in [-0.4, -0.2) is 32.6 Å². The van der Waals surface area contributed by atoms with Crippen LogP contribution in [0.15, 0.2) is 42.5 Å². The zero-order chi connectivity index (χ0) is 19.6. The molecular weight excluding hydrogens is 370 g/mol. The smallest absolute Gasteiger partial charge is 0.289 e. The van der Waals surface area contributed by atoms with E-state index in [9.17, 15) is 24.5 Å². The van der Waals surface area contributed by atoms with E-state index in [0.29, 0.717) is 22.4 Å². The second kappa shape index (κ2) is 7.58. The summed E-state index contributed by atoms with van der Waals surface area (Å²) in [4.78, 5) is 47.6. The van der Waals surface area contributed by atoms with Crippen molar-refractivity contribution in [2.24, 2.45) is 0 Å². The largest absolute Gasteiger partial charge is 0.321 e. The van der Waals surface area contributed by atoms with E-state index in [4.69, 9.17) is 0 Å². The third-order valence-corrected chi connectivity index (χ3v) is 4.98. The van der Waals surface area contributed by atoms with Crippen LogP contribution in [0.1, 0.15) is 21.5 Å². The molecule has 0 radical (unpaired) electrons. The molecule has 0 aromatic heterocycles. The first-order valence-corrected chi connectivity index (χ1v) is 8.97. The molecule has 1 N–H and O–H groups in total. The van der Waals surface area contributed by atoms with Crippen molar-refractivity contribution in [3.63, 3.8) is 0 Å². The number of rotatable bonds is 5. The standard InChI is InChI=1S/C18H15N3O5S/c1-11-14(6-3-7-15(11)21(25)26)19-17(23)13-5-2-4-12(8-13)9-20-16(22)10-27-18(20)24/h2-8H,9-10H2,1H3,(H,19,23). The number of hydrogen-bond acceptors (Lipinski definition) is 6. The average Bonchev–Trinajstić information content (AvgIpc) is 2.95. The Morgan fingerprint density at radius 2 is 2.00 bits per heavy atom. The molecule has 1 aliphatic rings. The molecule has 0 aliphatic carbocycles. The van der Waals surface area contributed by atoms with Crippen molar-refractivity contribution in [3.05, 3.63) is 69.3 Å². The van der Waals surface area contributed by atoms with Crippen molar-refractivity contribution in [3.8, 4) is 0 Å². The zero-order valence-electron chi connectivity index (χ0n) is 14.3. The highest BCUT2D eigenvalue weighted by atomic mass is 32.2. The number of carbonyl (C=O) groups excluding carboxylic acids is 3. The monoisotopic (exact) mass is 385 g/mol. The van der Waals surface area contributed by atoms with E-state index in [1.165, 1.54) is 12.1 Å². The number of imide groups is 1. The summed E-state index contributed by atoms with van der Waals surface area (Å²) in [5, 5.41) is 13.4. The summed E-state index contributed by atoms with van der Waals surface area (Å²) in [6.45, 7) is 1.66. The van der Waals surface area contributed by atoms with Crippen molar-refractivity contribution in [2.45, 2.75) is 13.5 Å². The molecule has 1 aliphatic heterocycles. The van der Waals surface area contributed by atoms with Crippen LogP contribution < -0.4 is 5.32 Å². The number of anilines is 1. The number of amides is 3. The first-order chi connectivity index (χ1) is 12.9. The van der Waals surface area contributed by atoms with Gasteiger partial charge in [-0.1, -0.05) is 30.0 Å². The molecule has 2 aromatic carbocycles. The van der Waals surface area contributed by atoms with E-state index in [-0.39, 0.29) is 29.1 Å². The molecule has 3 rings (SSSR count). The quantitative estimate of drug-likeness (QED) is 0.624. The number of nitro benzene ring substituents is 1. The fourth-order valence-electron chi connectivity index (χ4n) is 2.68. The number of nitrogens with one attached hydrogen (secondary N) is 1. The number of nitro groups is 1. The molecule has 0 saturated carbocycles. The lowest BCUT2D eigenvalue weighted by atomic mass is 10.1. The Morgan fingerprint density at radius 3 is 2.67 bits per heavy atom. The van der Waals surface area contributed by atoms with Crippen LogP contribution in [0.4, 0.5) is 16.2 Å². The van der Waals surface area contributed by atoms with E-state index >= 15 is 0 Å². The molecule has 9 heteroatoms. The number of nitrogens with zero attached hydrogens (tertiary/aromatic N) is 2. The summed E-state index contributed by atoms with van der Waals surface area (Å²) in [7, 11) is 0. The van der Waals surface area contributed by atoms with Gasteiger partial charge in [-0.3, -0.25) is 29.4 Å². The Hall–Kier alpha value is -3.20. The number of benzene rings is 2. The number of thioether (sulfide) groups is 1. The molecule has 8 nitrogen and oxygen atoms in total. The lowest BCUT2D eigenvalue weighted by molar-refractivity contribution is -0.385. The Kier molecular flexibility index (Phi) is 5.22. The van der Waals surface area contributed by atoms with Crippen molar-refractivity contribution in [2.75, 3.05) is 11.1 Å². The Balaban J connectivity index is 1.78. The van der Waals surface area contributed by atoms with Crippen molar-refractivity contribution in [1.29, 1.82) is 0 Å². The summed E-state index contributed by atoms with van der Waals surface area (Å²) in [5.41, 5.74) is 1.59. The first-order valence-electron chi connectivity index (χ1n) is 7.98. The summed E-state index contributed by atoms with van der Waals surface area (Å²) >= 11 is 0.953. The maximum atomic E-state index is 12.5. The van der Waals surface area contributed by atoms with Gasteiger partial charge in [-0.05, 0) is 30.7 Å². The molecule has 0 unspecified atom stereocenters. The molecular formula is C18H15N3O5S. The molecule has 138 valence electrons. The van der Waals surface area contributed by atoms with E-state index < -0.39 is 10.8 Å². The highest BCUT2D eigenvalue weighted by Gasteiger charge is 2.29. The third-order valence-electron chi connectivity index (χ3n) is 4.12. The Labute approximate surface area is 158 Å². The van der Waals surface area contributed by atoms with Crippen LogP contribution in [-0.2, 0) is 11.3 Å². The van der Waals surface area contributed by atoms with Gasteiger partial charge in [0.15, 0.2) is 0 Å². The van der Waals surface area contributed by atoms with Gasteiger partial charge in [0.1, 0.15) is 0 Å². The van der Waals surface area contributed by atoms with E-state index in [1.807, 2.05) is 0 Å². The highest BCUT2D eigenvalue weighted by molar-refractivity contribution is 8.14. The van der Waals surface area contributed by atoms with Gasteiger partial charge in [-0.15, -0.1) is 0 Å². The SMILES string of the molecule is Cc1c(NC(=O)c2cccc(CN3C(=O)CSC3=O)c2)cccc1[N+](=O)[O-]. The predicted molar refractivity (Wildman–Crippen MR) is 101 cm³/mol. The molecule has 3 amide bonds. The number of carbonyl (C=O) groups is 3. The van der Waals surface area contributed by atoms with Crippen LogP contribution in [0, 0.1) is 17.0 Å². The van der Waals surface area contributed by atoms with Crippen LogP contribution in [0.25, 0.3) is 0 Å².